The second-order valence-electron chi connectivity index (χ2n) is 9.68. The fourth-order valence-electron chi connectivity index (χ4n) is 5.23. The average Bonchev–Trinajstić information content (AvgIpc) is 3.58. The van der Waals surface area contributed by atoms with Gasteiger partial charge in [-0.1, -0.05) is 146 Å². The lowest BCUT2D eigenvalue weighted by atomic mass is 9.92. The summed E-state index contributed by atoms with van der Waals surface area (Å²) in [5.74, 6) is 1.66. The van der Waals surface area contributed by atoms with Crippen molar-refractivity contribution in [3.8, 4) is 0 Å². The first kappa shape index (κ1) is 28.8. The van der Waals surface area contributed by atoms with E-state index in [0.717, 1.165) is 29.5 Å². The van der Waals surface area contributed by atoms with Crippen LogP contribution in [-0.2, 0) is 5.16 Å². The zero-order chi connectivity index (χ0) is 28.0. The van der Waals surface area contributed by atoms with Crippen LogP contribution >= 0.6 is 0 Å². The van der Waals surface area contributed by atoms with Crippen molar-refractivity contribution in [2.24, 2.45) is 0 Å². The van der Waals surface area contributed by atoms with Crippen molar-refractivity contribution in [3.63, 3.8) is 0 Å². The average molecular weight is 537 g/mol. The lowest BCUT2D eigenvalue weighted by molar-refractivity contribution is 0.594. The first-order valence-electron chi connectivity index (χ1n) is 14.0. The number of hydrogen-bond acceptors (Lipinski definition) is 1. The van der Waals surface area contributed by atoms with Crippen molar-refractivity contribution in [3.05, 3.63) is 180 Å². The molecule has 0 aliphatic rings. The van der Waals surface area contributed by atoms with Crippen LogP contribution in [0.15, 0.2) is 157 Å². The van der Waals surface area contributed by atoms with E-state index < -0.39 is 9.52 Å². The third-order valence-corrected chi connectivity index (χ3v) is 10.2. The highest BCUT2D eigenvalue weighted by atomic mass is 28.2. The predicted molar refractivity (Wildman–Crippen MR) is 174 cm³/mol. The van der Waals surface area contributed by atoms with E-state index >= 15 is 0 Å². The van der Waals surface area contributed by atoms with E-state index in [1.807, 2.05) is 48.9 Å². The lowest BCUT2D eigenvalue weighted by Crippen LogP contribution is -2.42. The van der Waals surface area contributed by atoms with Crippen LogP contribution in [0.3, 0.4) is 0 Å². The van der Waals surface area contributed by atoms with Crippen molar-refractivity contribution in [1.29, 1.82) is 0 Å². The number of allylic oxidation sites excluding steroid dienone is 2. The third-order valence-electron chi connectivity index (χ3n) is 7.21. The summed E-state index contributed by atoms with van der Waals surface area (Å²) in [5.41, 5.74) is 6.05. The Labute approximate surface area is 243 Å². The van der Waals surface area contributed by atoms with Gasteiger partial charge in [0.05, 0.1) is 21.0 Å². The Hall–Kier alpha value is -4.15. The monoisotopic (exact) mass is 536 g/mol. The van der Waals surface area contributed by atoms with Crippen LogP contribution in [0.25, 0.3) is 5.57 Å². The highest BCUT2D eigenvalue weighted by Gasteiger charge is 2.36. The summed E-state index contributed by atoms with van der Waals surface area (Å²) in [7, 11) is 5.01. The number of benzene rings is 4. The van der Waals surface area contributed by atoms with Gasteiger partial charge >= 0.3 is 0 Å². The molecular weight excluding hydrogens is 499 g/mol. The number of nitrogens with zero attached hydrogens (tertiary/aromatic N) is 2. The largest absolute Gasteiger partial charge is 0.326 e. The first-order chi connectivity index (χ1) is 19.7. The Balaban J connectivity index is 0.000000210. The maximum absolute atomic E-state index is 5.67. The zero-order valence-corrected chi connectivity index (χ0v) is 24.9. The van der Waals surface area contributed by atoms with Gasteiger partial charge in [0.2, 0.25) is 0 Å². The van der Waals surface area contributed by atoms with E-state index in [4.69, 9.17) is 7.85 Å². The van der Waals surface area contributed by atoms with Crippen LogP contribution in [0.2, 0.25) is 0 Å². The molecule has 40 heavy (non-hydrogen) atoms. The summed E-state index contributed by atoms with van der Waals surface area (Å²) in [6.45, 7) is 4.51. The smallest absolute Gasteiger partial charge is 0.103 e. The number of aromatic nitrogens is 2. The van der Waals surface area contributed by atoms with Crippen molar-refractivity contribution in [2.75, 3.05) is 0 Å². The second-order valence-corrected chi connectivity index (χ2v) is 12.0. The molecule has 0 amide bonds. The summed E-state index contributed by atoms with van der Waals surface area (Å²) < 4.78 is 2.32. The summed E-state index contributed by atoms with van der Waals surface area (Å²) in [6, 6.07) is 42.1. The number of hydrogen-bond donors (Lipinski definition) is 0. The normalized spacial score (nSPS) is 11.6. The predicted octanol–water partition coefficient (Wildman–Crippen LogP) is 7.75. The molecule has 0 aliphatic carbocycles. The maximum Gasteiger partial charge on any atom is 0.103 e. The van der Waals surface area contributed by atoms with Gasteiger partial charge in [-0.2, -0.15) is 0 Å². The van der Waals surface area contributed by atoms with E-state index in [2.05, 4.69) is 121 Å². The molecule has 4 heteroatoms. The molecule has 0 saturated heterocycles. The van der Waals surface area contributed by atoms with E-state index in [1.165, 1.54) is 11.1 Å². The molecule has 198 valence electrons. The molecule has 5 rings (SSSR count). The van der Waals surface area contributed by atoms with Gasteiger partial charge in [-0.25, -0.2) is 4.98 Å². The molecule has 0 fully saturated rings. The standard InChI is InChI=1S/C22H26N2Si.C14H11B/c1-3-11-21(4-2)25-22(24-17-16-23-18-24,19-12-7-5-8-13-19)20-14-9-6-10-15-20;15-11-14(12-7-3-1-4-8-12)13-9-5-2-6-10-13/h5-18H,3-4,25H2,1-2H3;1-11H. The Bertz CT molecular complexity index is 1380. The first-order valence-corrected chi connectivity index (χ1v) is 15.4. The Kier molecular flexibility index (Phi) is 10.7. The molecular formula is C36H37BN2Si. The molecule has 1 aromatic heterocycles. The molecule has 4 aromatic carbocycles. The number of rotatable bonds is 9. The minimum Gasteiger partial charge on any atom is -0.326 e. The molecule has 0 spiro atoms. The molecule has 0 unspecified atom stereocenters. The maximum atomic E-state index is 5.67. The molecule has 0 N–H and O–H groups in total. The molecule has 0 bridgehead atoms. The third kappa shape index (κ3) is 6.88. The summed E-state index contributed by atoms with van der Waals surface area (Å²) >= 11 is 0. The molecule has 5 aromatic rings. The van der Waals surface area contributed by atoms with Crippen molar-refractivity contribution >= 4 is 22.9 Å². The highest BCUT2D eigenvalue weighted by Crippen LogP contribution is 2.35. The number of imidazole rings is 1. The quantitative estimate of drug-likeness (QED) is 0.176. The fraction of sp³-hybridized carbons (Fsp3) is 0.139. The van der Waals surface area contributed by atoms with Gasteiger partial charge in [-0.15, -0.1) is 5.98 Å². The molecule has 0 aliphatic heterocycles. The van der Waals surface area contributed by atoms with Crippen molar-refractivity contribution in [1.82, 2.24) is 9.55 Å². The van der Waals surface area contributed by atoms with Crippen LogP contribution < -0.4 is 0 Å². The minimum atomic E-state index is -0.660. The second kappa shape index (κ2) is 14.9. The zero-order valence-electron chi connectivity index (χ0n) is 23.5. The SMILES string of the molecule is CCC=C(CC)[SiH2]C(c1ccccc1)(c1ccccc1)n1ccnc1.[B]C=C(c1ccccc1)c1ccccc1. The molecule has 0 atom stereocenters. The molecule has 0 saturated carbocycles. The van der Waals surface area contributed by atoms with Crippen molar-refractivity contribution in [2.45, 2.75) is 31.9 Å². The fourth-order valence-corrected chi connectivity index (χ4v) is 7.82. The highest BCUT2D eigenvalue weighted by molar-refractivity contribution is 6.50. The van der Waals surface area contributed by atoms with Gasteiger partial charge in [-0.3, -0.25) is 0 Å². The van der Waals surface area contributed by atoms with Crippen molar-refractivity contribution < 1.29 is 0 Å². The van der Waals surface area contributed by atoms with E-state index in [9.17, 15) is 0 Å². The lowest BCUT2D eigenvalue weighted by Gasteiger charge is -2.37. The van der Waals surface area contributed by atoms with Gasteiger partial charge in [0, 0.05) is 12.4 Å². The van der Waals surface area contributed by atoms with E-state index in [1.54, 1.807) is 11.2 Å². The van der Waals surface area contributed by atoms with E-state index in [0.29, 0.717) is 0 Å². The summed E-state index contributed by atoms with van der Waals surface area (Å²) in [5, 5.41) is 1.47. The topological polar surface area (TPSA) is 17.8 Å². The van der Waals surface area contributed by atoms with Gasteiger partial charge in [0.25, 0.3) is 0 Å². The van der Waals surface area contributed by atoms with Crippen LogP contribution in [0.1, 0.15) is 48.9 Å². The Morgan fingerprint density at radius 2 is 1.23 bits per heavy atom. The Morgan fingerprint density at radius 3 is 1.60 bits per heavy atom. The van der Waals surface area contributed by atoms with E-state index in [-0.39, 0.29) is 5.16 Å². The summed E-state index contributed by atoms with van der Waals surface area (Å²) in [4.78, 5) is 4.38. The van der Waals surface area contributed by atoms with Crippen LogP contribution in [0.5, 0.6) is 0 Å². The van der Waals surface area contributed by atoms with Gasteiger partial charge < -0.3 is 4.57 Å². The molecule has 2 nitrogen and oxygen atoms in total. The van der Waals surface area contributed by atoms with Crippen LogP contribution in [-0.4, -0.2) is 26.9 Å². The summed E-state index contributed by atoms with van der Waals surface area (Å²) in [6.07, 6.45) is 10.6. The van der Waals surface area contributed by atoms with Crippen LogP contribution in [0, 0.1) is 0 Å². The van der Waals surface area contributed by atoms with Gasteiger partial charge in [0.1, 0.15) is 7.85 Å². The molecule has 1 heterocycles. The minimum absolute atomic E-state index is 0.143. The Morgan fingerprint density at radius 1 is 0.750 bits per heavy atom. The van der Waals surface area contributed by atoms with Gasteiger partial charge in [-0.05, 0) is 40.7 Å². The van der Waals surface area contributed by atoms with Gasteiger partial charge in [0.15, 0.2) is 0 Å². The van der Waals surface area contributed by atoms with Crippen LogP contribution in [0.4, 0.5) is 0 Å². The molecule has 2 radical (unpaired) electrons.